The van der Waals surface area contributed by atoms with Gasteiger partial charge in [0.15, 0.2) is 0 Å². The van der Waals surface area contributed by atoms with Crippen molar-refractivity contribution in [2.45, 2.75) is 27.2 Å². The van der Waals surface area contributed by atoms with Crippen LogP contribution in [0.4, 0.5) is 5.69 Å². The molecular formula is C13H21N. The van der Waals surface area contributed by atoms with Gasteiger partial charge in [0, 0.05) is 12.7 Å². The first-order valence-electron chi connectivity index (χ1n) is 5.25. The zero-order valence-electron chi connectivity index (χ0n) is 9.72. The van der Waals surface area contributed by atoms with Gasteiger partial charge < -0.3 is 5.32 Å². The Morgan fingerprint density at radius 2 is 2.00 bits per heavy atom. The van der Waals surface area contributed by atoms with Gasteiger partial charge in [-0.15, -0.1) is 0 Å². The van der Waals surface area contributed by atoms with Crippen LogP contribution in [0, 0.1) is 0 Å². The molecule has 0 aliphatic rings. The molecule has 1 aromatic rings. The molecule has 0 saturated heterocycles. The Bertz CT molecular complexity index is 277. The van der Waals surface area contributed by atoms with Crippen molar-refractivity contribution in [1.82, 2.24) is 0 Å². The van der Waals surface area contributed by atoms with Crippen LogP contribution in [0.2, 0.25) is 0 Å². The molecule has 1 heteroatoms. The summed E-state index contributed by atoms with van der Waals surface area (Å²) in [5, 5.41) is 3.12. The van der Waals surface area contributed by atoms with E-state index in [-0.39, 0.29) is 0 Å². The predicted octanol–water partition coefficient (Wildman–Crippen LogP) is 3.96. The number of anilines is 1. The number of hydrogen-bond donors (Lipinski definition) is 1. The smallest absolute Gasteiger partial charge is 0.0340 e. The Morgan fingerprint density at radius 3 is 2.43 bits per heavy atom. The fourth-order valence-electron chi connectivity index (χ4n) is 1.27. The molecule has 0 aliphatic heterocycles. The van der Waals surface area contributed by atoms with Crippen molar-refractivity contribution in [3.63, 3.8) is 0 Å². The van der Waals surface area contributed by atoms with E-state index in [4.69, 9.17) is 0 Å². The summed E-state index contributed by atoms with van der Waals surface area (Å²) in [5.41, 5.74) is 3.74. The summed E-state index contributed by atoms with van der Waals surface area (Å²) < 4.78 is 0. The van der Waals surface area contributed by atoms with E-state index in [2.05, 4.69) is 37.0 Å². The lowest BCUT2D eigenvalue weighted by Crippen LogP contribution is -1.91. The molecule has 0 atom stereocenters. The van der Waals surface area contributed by atoms with E-state index in [9.17, 15) is 0 Å². The van der Waals surface area contributed by atoms with Gasteiger partial charge in [0.25, 0.3) is 0 Å². The fourth-order valence-corrected chi connectivity index (χ4v) is 1.27. The number of hydrogen-bond acceptors (Lipinski definition) is 1. The first kappa shape index (κ1) is 12.8. The first-order chi connectivity index (χ1) is 6.81. The summed E-state index contributed by atoms with van der Waals surface area (Å²) in [6.07, 6.45) is 2.95. The Kier molecular flexibility index (Phi) is 6.55. The first-order valence-corrected chi connectivity index (χ1v) is 5.25. The van der Waals surface area contributed by atoms with E-state index in [0.29, 0.717) is 0 Å². The van der Waals surface area contributed by atoms with Crippen molar-refractivity contribution in [3.8, 4) is 0 Å². The molecule has 0 unspecified atom stereocenters. The fraction of sp³-hybridized carbons (Fsp3) is 0.385. The zero-order valence-corrected chi connectivity index (χ0v) is 9.72. The highest BCUT2D eigenvalue weighted by Gasteiger charge is 1.97. The maximum Gasteiger partial charge on any atom is 0.0340 e. The lowest BCUT2D eigenvalue weighted by molar-refractivity contribution is 1.13. The third-order valence-electron chi connectivity index (χ3n) is 2.03. The van der Waals surface area contributed by atoms with Crippen molar-refractivity contribution in [2.75, 3.05) is 12.4 Å². The molecule has 0 radical (unpaired) electrons. The number of benzene rings is 1. The largest absolute Gasteiger partial charge is 0.388 e. The van der Waals surface area contributed by atoms with Gasteiger partial charge in [-0.05, 0) is 29.7 Å². The molecule has 0 bridgehead atoms. The Morgan fingerprint density at radius 1 is 1.36 bits per heavy atom. The van der Waals surface area contributed by atoms with Crippen LogP contribution < -0.4 is 5.32 Å². The van der Waals surface area contributed by atoms with E-state index < -0.39 is 0 Å². The second-order valence-corrected chi connectivity index (χ2v) is 2.72. The minimum absolute atomic E-state index is 1.05. The quantitative estimate of drug-likeness (QED) is 0.762. The minimum atomic E-state index is 1.05. The van der Waals surface area contributed by atoms with Crippen LogP contribution >= 0.6 is 0 Å². The molecule has 1 nitrogen and oxygen atoms in total. The lowest BCUT2D eigenvalue weighted by Gasteiger charge is -2.06. The topological polar surface area (TPSA) is 12.0 Å². The summed E-state index contributed by atoms with van der Waals surface area (Å²) in [7, 11) is 1.93. The maximum absolute atomic E-state index is 3.77. The highest BCUT2D eigenvalue weighted by atomic mass is 14.8. The van der Waals surface area contributed by atoms with Crippen LogP contribution in [-0.2, 0) is 6.42 Å². The van der Waals surface area contributed by atoms with Gasteiger partial charge in [0.2, 0.25) is 0 Å². The maximum atomic E-state index is 3.77. The normalized spacial score (nSPS) is 8.57. The third kappa shape index (κ3) is 3.25. The van der Waals surface area contributed by atoms with E-state index >= 15 is 0 Å². The standard InChI is InChI=1S/C11H15N.C2H6/c1-4-9-6-7-11(12-3)8-10(9)5-2;1-2/h4,6-8,12H,1,5H2,2-3H3;1-2H3. The second kappa shape index (κ2) is 7.19. The molecule has 78 valence electrons. The average molecular weight is 191 g/mol. The molecular weight excluding hydrogens is 170 g/mol. The molecule has 0 heterocycles. The second-order valence-electron chi connectivity index (χ2n) is 2.72. The van der Waals surface area contributed by atoms with Crippen molar-refractivity contribution in [2.24, 2.45) is 0 Å². The van der Waals surface area contributed by atoms with Crippen molar-refractivity contribution >= 4 is 11.8 Å². The summed E-state index contributed by atoms with van der Waals surface area (Å²) in [4.78, 5) is 0. The molecule has 14 heavy (non-hydrogen) atoms. The SMILES string of the molecule is C=Cc1ccc(NC)cc1CC.CC. The lowest BCUT2D eigenvalue weighted by atomic mass is 10.0. The van der Waals surface area contributed by atoms with Gasteiger partial charge in [-0.3, -0.25) is 0 Å². The monoisotopic (exact) mass is 191 g/mol. The van der Waals surface area contributed by atoms with Crippen LogP contribution in [0.15, 0.2) is 24.8 Å². The Balaban J connectivity index is 0.000000791. The molecule has 0 amide bonds. The van der Waals surface area contributed by atoms with Gasteiger partial charge in [-0.2, -0.15) is 0 Å². The summed E-state index contributed by atoms with van der Waals surface area (Å²) in [6, 6.07) is 6.32. The van der Waals surface area contributed by atoms with Gasteiger partial charge in [-0.25, -0.2) is 0 Å². The number of aryl methyl sites for hydroxylation is 1. The molecule has 0 saturated carbocycles. The molecule has 1 rings (SSSR count). The van der Waals surface area contributed by atoms with Gasteiger partial charge in [0.05, 0.1) is 0 Å². The van der Waals surface area contributed by atoms with Gasteiger partial charge in [0.1, 0.15) is 0 Å². The predicted molar refractivity (Wildman–Crippen MR) is 66.8 cm³/mol. The van der Waals surface area contributed by atoms with Gasteiger partial charge in [-0.1, -0.05) is 39.5 Å². The van der Waals surface area contributed by atoms with Crippen LogP contribution in [0.25, 0.3) is 6.08 Å². The zero-order chi connectivity index (χ0) is 11.0. The van der Waals surface area contributed by atoms with E-state index in [1.807, 2.05) is 27.0 Å². The van der Waals surface area contributed by atoms with Crippen LogP contribution in [-0.4, -0.2) is 7.05 Å². The van der Waals surface area contributed by atoms with Gasteiger partial charge >= 0.3 is 0 Å². The van der Waals surface area contributed by atoms with E-state index in [1.165, 1.54) is 11.1 Å². The van der Waals surface area contributed by atoms with Crippen LogP contribution in [0.1, 0.15) is 31.9 Å². The van der Waals surface area contributed by atoms with Crippen molar-refractivity contribution < 1.29 is 0 Å². The van der Waals surface area contributed by atoms with Crippen LogP contribution in [0.5, 0.6) is 0 Å². The highest BCUT2D eigenvalue weighted by Crippen LogP contribution is 2.16. The molecule has 0 aromatic heterocycles. The molecule has 0 spiro atoms. The van der Waals surface area contributed by atoms with E-state index in [0.717, 1.165) is 12.1 Å². The minimum Gasteiger partial charge on any atom is -0.388 e. The molecule has 0 aliphatic carbocycles. The Labute approximate surface area is 87.9 Å². The number of rotatable bonds is 3. The van der Waals surface area contributed by atoms with E-state index in [1.54, 1.807) is 0 Å². The molecule has 1 aromatic carbocycles. The Hall–Kier alpha value is -1.24. The summed E-state index contributed by atoms with van der Waals surface area (Å²) in [6.45, 7) is 9.93. The van der Waals surface area contributed by atoms with Crippen LogP contribution in [0.3, 0.4) is 0 Å². The summed E-state index contributed by atoms with van der Waals surface area (Å²) in [5.74, 6) is 0. The van der Waals surface area contributed by atoms with Crippen molar-refractivity contribution in [3.05, 3.63) is 35.9 Å². The third-order valence-corrected chi connectivity index (χ3v) is 2.03. The molecule has 0 fully saturated rings. The summed E-state index contributed by atoms with van der Waals surface area (Å²) >= 11 is 0. The molecule has 1 N–H and O–H groups in total. The number of nitrogens with one attached hydrogen (secondary N) is 1. The highest BCUT2D eigenvalue weighted by molar-refractivity contribution is 5.58. The average Bonchev–Trinajstić information content (AvgIpc) is 2.30. The van der Waals surface area contributed by atoms with Crippen molar-refractivity contribution in [1.29, 1.82) is 0 Å².